The fraction of sp³-hybridized carbons (Fsp3) is 0.588. The second-order valence-electron chi connectivity index (χ2n) is 7.08. The van der Waals surface area contributed by atoms with Crippen LogP contribution in [0.25, 0.3) is 0 Å². The van der Waals surface area contributed by atoms with E-state index in [1.807, 2.05) is 49.8 Å². The largest absolute Gasteiger partial charge is 0.393 e. The van der Waals surface area contributed by atoms with E-state index in [0.29, 0.717) is 24.6 Å². The van der Waals surface area contributed by atoms with Crippen molar-refractivity contribution >= 4 is 11.9 Å². The summed E-state index contributed by atoms with van der Waals surface area (Å²) >= 11 is 0. The molecule has 2 heterocycles. The van der Waals surface area contributed by atoms with E-state index in [2.05, 4.69) is 20.5 Å². The van der Waals surface area contributed by atoms with Crippen molar-refractivity contribution in [2.24, 2.45) is 13.0 Å². The third-order valence-corrected chi connectivity index (χ3v) is 4.95. The van der Waals surface area contributed by atoms with Gasteiger partial charge >= 0.3 is 0 Å². The van der Waals surface area contributed by atoms with Crippen LogP contribution in [-0.4, -0.2) is 57.5 Å². The van der Waals surface area contributed by atoms with Gasteiger partial charge in [-0.25, -0.2) is 0 Å². The summed E-state index contributed by atoms with van der Waals surface area (Å²) in [7, 11) is 5.63. The molecular formula is C17H26N6O2. The van der Waals surface area contributed by atoms with Crippen molar-refractivity contribution in [2.75, 3.05) is 25.5 Å². The maximum Gasteiger partial charge on any atom is 0.268 e. The number of aliphatic hydroxyl groups is 1. The Morgan fingerprint density at radius 3 is 2.84 bits per heavy atom. The van der Waals surface area contributed by atoms with E-state index in [1.165, 1.54) is 0 Å². The summed E-state index contributed by atoms with van der Waals surface area (Å²) in [5.41, 5.74) is 1.61. The number of nitrogens with one attached hydrogen (secondary N) is 2. The van der Waals surface area contributed by atoms with Gasteiger partial charge in [-0.3, -0.25) is 9.89 Å². The van der Waals surface area contributed by atoms with E-state index in [4.69, 9.17) is 0 Å². The molecule has 2 aromatic heterocycles. The molecule has 0 saturated heterocycles. The number of rotatable bonds is 5. The van der Waals surface area contributed by atoms with E-state index >= 15 is 0 Å². The van der Waals surface area contributed by atoms with Gasteiger partial charge in [0.2, 0.25) is 5.95 Å². The summed E-state index contributed by atoms with van der Waals surface area (Å²) in [4.78, 5) is 18.7. The molecule has 1 aliphatic carbocycles. The molecule has 8 nitrogen and oxygen atoms in total. The Balaban J connectivity index is 1.59. The monoisotopic (exact) mass is 346 g/mol. The molecule has 1 aliphatic rings. The lowest BCUT2D eigenvalue weighted by molar-refractivity contribution is 0.0908. The van der Waals surface area contributed by atoms with Crippen molar-refractivity contribution in [3.05, 3.63) is 29.3 Å². The molecule has 1 amide bonds. The smallest absolute Gasteiger partial charge is 0.268 e. The van der Waals surface area contributed by atoms with Gasteiger partial charge in [-0.15, -0.1) is 5.10 Å². The number of amides is 1. The SMILES string of the molecule is Cc1ccn(C)c1C(=O)NC[C@H]1C[C@H](c2nc(N(C)C)n[nH]2)C[C@H]1O. The molecule has 0 spiro atoms. The lowest BCUT2D eigenvalue weighted by Gasteiger charge is -2.15. The third kappa shape index (κ3) is 3.53. The maximum absolute atomic E-state index is 12.4. The number of H-pyrrole nitrogens is 1. The first-order valence-electron chi connectivity index (χ1n) is 8.54. The molecule has 1 fully saturated rings. The number of aryl methyl sites for hydroxylation is 2. The second-order valence-corrected chi connectivity index (χ2v) is 7.08. The minimum absolute atomic E-state index is 0.0161. The number of anilines is 1. The summed E-state index contributed by atoms with van der Waals surface area (Å²) in [6, 6.07) is 1.92. The van der Waals surface area contributed by atoms with Crippen LogP contribution in [0.5, 0.6) is 0 Å². The number of carbonyl (C=O) groups is 1. The van der Waals surface area contributed by atoms with Crippen molar-refractivity contribution in [1.29, 1.82) is 0 Å². The highest BCUT2D eigenvalue weighted by Crippen LogP contribution is 2.37. The molecule has 1 saturated carbocycles. The summed E-state index contributed by atoms with van der Waals surface area (Å²) in [6.45, 7) is 2.37. The van der Waals surface area contributed by atoms with Crippen molar-refractivity contribution in [3.8, 4) is 0 Å². The van der Waals surface area contributed by atoms with Crippen molar-refractivity contribution in [3.63, 3.8) is 0 Å². The van der Waals surface area contributed by atoms with Crippen LogP contribution in [0.3, 0.4) is 0 Å². The Bertz CT molecular complexity index is 731. The quantitative estimate of drug-likeness (QED) is 0.744. The van der Waals surface area contributed by atoms with E-state index < -0.39 is 6.10 Å². The number of hydrogen-bond acceptors (Lipinski definition) is 5. The van der Waals surface area contributed by atoms with Gasteiger partial charge in [0.05, 0.1) is 6.10 Å². The number of aliphatic hydroxyl groups excluding tert-OH is 1. The zero-order valence-electron chi connectivity index (χ0n) is 15.2. The molecule has 0 radical (unpaired) electrons. The standard InChI is InChI=1S/C17H26N6O2/c1-10-5-6-23(4)14(10)16(25)18-9-12-7-11(8-13(12)24)15-19-17(21-20-15)22(2)3/h5-6,11-13,24H,7-9H2,1-4H3,(H,18,25)(H,19,20,21)/t11-,12+,13+/m0/s1. The fourth-order valence-corrected chi connectivity index (χ4v) is 3.49. The Labute approximate surface area is 147 Å². The molecule has 25 heavy (non-hydrogen) atoms. The normalized spacial score (nSPS) is 23.0. The predicted molar refractivity (Wildman–Crippen MR) is 94.7 cm³/mol. The van der Waals surface area contributed by atoms with Gasteiger partial charge in [0.15, 0.2) is 0 Å². The van der Waals surface area contributed by atoms with Crippen molar-refractivity contribution < 1.29 is 9.90 Å². The summed E-state index contributed by atoms with van der Waals surface area (Å²) in [5, 5.41) is 20.5. The number of carbonyl (C=O) groups excluding carboxylic acids is 1. The van der Waals surface area contributed by atoms with E-state index in [-0.39, 0.29) is 17.7 Å². The first kappa shape index (κ1) is 17.5. The molecule has 3 rings (SSSR count). The highest BCUT2D eigenvalue weighted by Gasteiger charge is 2.36. The van der Waals surface area contributed by atoms with E-state index in [1.54, 1.807) is 0 Å². The van der Waals surface area contributed by atoms with Gasteiger partial charge in [-0.05, 0) is 31.4 Å². The molecule has 2 aromatic rings. The van der Waals surface area contributed by atoms with Crippen LogP contribution in [0.4, 0.5) is 5.95 Å². The Kier molecular flexibility index (Phi) is 4.80. The third-order valence-electron chi connectivity index (χ3n) is 4.95. The summed E-state index contributed by atoms with van der Waals surface area (Å²) < 4.78 is 1.82. The zero-order valence-corrected chi connectivity index (χ0v) is 15.2. The molecular weight excluding hydrogens is 320 g/mol. The van der Waals surface area contributed by atoms with Crippen molar-refractivity contribution in [1.82, 2.24) is 25.1 Å². The fourth-order valence-electron chi connectivity index (χ4n) is 3.49. The van der Waals surface area contributed by atoms with Gasteiger partial charge in [0.25, 0.3) is 5.91 Å². The predicted octanol–water partition coefficient (Wildman–Crippen LogP) is 0.802. The average molecular weight is 346 g/mol. The summed E-state index contributed by atoms with van der Waals surface area (Å²) in [6.07, 6.45) is 2.82. The molecule has 0 aromatic carbocycles. The van der Waals surface area contributed by atoms with Crippen molar-refractivity contribution in [2.45, 2.75) is 31.8 Å². The molecule has 0 unspecified atom stereocenters. The van der Waals surface area contributed by atoms with Crippen LogP contribution in [0.15, 0.2) is 12.3 Å². The zero-order chi connectivity index (χ0) is 18.1. The second kappa shape index (κ2) is 6.87. The number of aromatic amines is 1. The Morgan fingerprint density at radius 2 is 2.24 bits per heavy atom. The average Bonchev–Trinajstić information content (AvgIpc) is 3.25. The number of hydrogen-bond donors (Lipinski definition) is 3. The van der Waals surface area contributed by atoms with Gasteiger partial charge in [0.1, 0.15) is 11.5 Å². The minimum Gasteiger partial charge on any atom is -0.393 e. The van der Waals surface area contributed by atoms with Gasteiger partial charge in [0, 0.05) is 45.7 Å². The highest BCUT2D eigenvalue weighted by molar-refractivity contribution is 5.94. The molecule has 0 aliphatic heterocycles. The minimum atomic E-state index is -0.451. The Hall–Kier alpha value is -2.35. The molecule has 136 valence electrons. The van der Waals surface area contributed by atoms with E-state index in [0.717, 1.165) is 17.8 Å². The van der Waals surface area contributed by atoms with Crippen LogP contribution in [0.1, 0.15) is 40.6 Å². The molecule has 8 heteroatoms. The van der Waals surface area contributed by atoms with Crippen LogP contribution < -0.4 is 10.2 Å². The maximum atomic E-state index is 12.4. The number of aromatic nitrogens is 4. The first-order chi connectivity index (χ1) is 11.9. The van der Waals surface area contributed by atoms with Crippen LogP contribution >= 0.6 is 0 Å². The van der Waals surface area contributed by atoms with E-state index in [9.17, 15) is 9.90 Å². The molecule has 0 bridgehead atoms. The highest BCUT2D eigenvalue weighted by atomic mass is 16.3. The lowest BCUT2D eigenvalue weighted by Crippen LogP contribution is -2.33. The molecule has 3 atom stereocenters. The van der Waals surface area contributed by atoms with Crippen LogP contribution in [-0.2, 0) is 7.05 Å². The van der Waals surface area contributed by atoms with Gasteiger partial charge in [-0.1, -0.05) is 0 Å². The number of nitrogens with zero attached hydrogens (tertiary/aromatic N) is 4. The van der Waals surface area contributed by atoms with Crippen LogP contribution in [0, 0.1) is 12.8 Å². The van der Waals surface area contributed by atoms with Gasteiger partial charge in [-0.2, -0.15) is 4.98 Å². The molecule has 3 N–H and O–H groups in total. The van der Waals surface area contributed by atoms with Gasteiger partial charge < -0.3 is 19.9 Å². The first-order valence-corrected chi connectivity index (χ1v) is 8.54. The lowest BCUT2D eigenvalue weighted by atomic mass is 10.0. The Morgan fingerprint density at radius 1 is 1.48 bits per heavy atom. The topological polar surface area (TPSA) is 99.1 Å². The van der Waals surface area contributed by atoms with Crippen LogP contribution in [0.2, 0.25) is 0 Å². The summed E-state index contributed by atoms with van der Waals surface area (Å²) in [5.74, 6) is 1.49.